The third-order valence-corrected chi connectivity index (χ3v) is 7.40. The summed E-state index contributed by atoms with van der Waals surface area (Å²) in [6.07, 6.45) is 4.48. The number of aliphatic hydroxyl groups is 1. The minimum absolute atomic E-state index is 0.00122. The quantitative estimate of drug-likeness (QED) is 0.497. The van der Waals surface area contributed by atoms with Gasteiger partial charge in [-0.15, -0.1) is 0 Å². The van der Waals surface area contributed by atoms with Crippen LogP contribution in [-0.2, 0) is 10.3 Å². The molecule has 36 heavy (non-hydrogen) atoms. The SMILES string of the molecule is COCCCC[C@@](O)(c1ccccc1Oc1cccc(F)c1)[C@@H]1CCCN(C(=O)N2CC[C@H](N)C2)C1. The van der Waals surface area contributed by atoms with Gasteiger partial charge in [0.1, 0.15) is 17.3 Å². The highest BCUT2D eigenvalue weighted by atomic mass is 19.1. The summed E-state index contributed by atoms with van der Waals surface area (Å²) < 4.78 is 25.1. The van der Waals surface area contributed by atoms with Gasteiger partial charge in [0.15, 0.2) is 0 Å². The molecule has 0 bridgehead atoms. The first kappa shape index (κ1) is 26.4. The van der Waals surface area contributed by atoms with Crippen LogP contribution in [0.25, 0.3) is 0 Å². The maximum absolute atomic E-state index is 13.8. The molecule has 2 aromatic rings. The maximum Gasteiger partial charge on any atom is 0.320 e. The molecular formula is C28H38FN3O4. The van der Waals surface area contributed by atoms with Crippen molar-refractivity contribution >= 4 is 6.03 Å². The third kappa shape index (κ3) is 6.17. The number of amides is 2. The van der Waals surface area contributed by atoms with Gasteiger partial charge in [0.2, 0.25) is 0 Å². The Labute approximate surface area is 213 Å². The predicted octanol–water partition coefficient (Wildman–Crippen LogP) is 4.49. The number of ether oxygens (including phenoxy) is 2. The Morgan fingerprint density at radius 3 is 2.67 bits per heavy atom. The minimum Gasteiger partial charge on any atom is -0.457 e. The topological polar surface area (TPSA) is 88.3 Å². The predicted molar refractivity (Wildman–Crippen MR) is 136 cm³/mol. The first-order chi connectivity index (χ1) is 17.4. The molecule has 8 heteroatoms. The number of rotatable bonds is 9. The van der Waals surface area contributed by atoms with Crippen LogP contribution in [-0.4, -0.2) is 66.9 Å². The Balaban J connectivity index is 1.60. The monoisotopic (exact) mass is 499 g/mol. The number of hydrogen-bond donors (Lipinski definition) is 2. The van der Waals surface area contributed by atoms with Gasteiger partial charge in [-0.25, -0.2) is 9.18 Å². The highest BCUT2D eigenvalue weighted by molar-refractivity contribution is 5.75. The Kier molecular flexibility index (Phi) is 8.82. The van der Waals surface area contributed by atoms with Crippen molar-refractivity contribution in [3.63, 3.8) is 0 Å². The van der Waals surface area contributed by atoms with Crippen LogP contribution in [0.2, 0.25) is 0 Å². The van der Waals surface area contributed by atoms with Gasteiger partial charge >= 0.3 is 6.03 Å². The van der Waals surface area contributed by atoms with Gasteiger partial charge in [0, 0.05) is 63.5 Å². The summed E-state index contributed by atoms with van der Waals surface area (Å²) in [5.74, 6) is 0.301. The average molecular weight is 500 g/mol. The van der Waals surface area contributed by atoms with E-state index in [1.165, 1.54) is 12.1 Å². The van der Waals surface area contributed by atoms with E-state index in [9.17, 15) is 14.3 Å². The molecule has 3 atom stereocenters. The smallest absolute Gasteiger partial charge is 0.320 e. The molecule has 2 saturated heterocycles. The summed E-state index contributed by atoms with van der Waals surface area (Å²) in [4.78, 5) is 16.9. The van der Waals surface area contributed by atoms with Crippen molar-refractivity contribution in [2.45, 2.75) is 50.2 Å². The summed E-state index contributed by atoms with van der Waals surface area (Å²) in [6, 6.07) is 13.4. The summed E-state index contributed by atoms with van der Waals surface area (Å²) in [5.41, 5.74) is 5.47. The molecule has 0 spiro atoms. The van der Waals surface area contributed by atoms with Gasteiger partial charge in [-0.1, -0.05) is 24.3 Å². The van der Waals surface area contributed by atoms with Crippen LogP contribution in [0.1, 0.15) is 44.1 Å². The Bertz CT molecular complexity index is 1020. The van der Waals surface area contributed by atoms with Crippen molar-refractivity contribution in [1.29, 1.82) is 0 Å². The molecule has 0 radical (unpaired) electrons. The van der Waals surface area contributed by atoms with Gasteiger partial charge in [0.05, 0.1) is 5.60 Å². The van der Waals surface area contributed by atoms with Gasteiger partial charge in [0.25, 0.3) is 0 Å². The zero-order valence-electron chi connectivity index (χ0n) is 21.1. The molecule has 0 aromatic heterocycles. The average Bonchev–Trinajstić information content (AvgIpc) is 3.32. The highest BCUT2D eigenvalue weighted by Gasteiger charge is 2.43. The van der Waals surface area contributed by atoms with E-state index in [2.05, 4.69) is 0 Å². The van der Waals surface area contributed by atoms with Crippen molar-refractivity contribution in [2.24, 2.45) is 11.7 Å². The van der Waals surface area contributed by atoms with E-state index in [1.54, 1.807) is 25.3 Å². The zero-order chi connectivity index (χ0) is 25.5. The largest absolute Gasteiger partial charge is 0.457 e. The van der Waals surface area contributed by atoms with Gasteiger partial charge in [-0.2, -0.15) is 0 Å². The number of nitrogens with zero attached hydrogens (tertiary/aromatic N) is 2. The van der Waals surface area contributed by atoms with Crippen LogP contribution in [0.4, 0.5) is 9.18 Å². The van der Waals surface area contributed by atoms with E-state index in [0.29, 0.717) is 56.3 Å². The van der Waals surface area contributed by atoms with Crippen LogP contribution in [0.3, 0.4) is 0 Å². The van der Waals surface area contributed by atoms with E-state index in [0.717, 1.165) is 32.1 Å². The first-order valence-corrected chi connectivity index (χ1v) is 12.9. The number of benzene rings is 2. The Morgan fingerprint density at radius 1 is 1.11 bits per heavy atom. The second-order valence-electron chi connectivity index (χ2n) is 9.99. The molecule has 0 saturated carbocycles. The lowest BCUT2D eigenvalue weighted by molar-refractivity contribution is -0.0586. The van der Waals surface area contributed by atoms with E-state index in [-0.39, 0.29) is 23.8 Å². The fourth-order valence-electron chi connectivity index (χ4n) is 5.47. The summed E-state index contributed by atoms with van der Waals surface area (Å²) >= 11 is 0. The molecule has 2 heterocycles. The molecule has 2 amide bonds. The maximum atomic E-state index is 13.8. The molecule has 0 unspecified atom stereocenters. The van der Waals surface area contributed by atoms with E-state index >= 15 is 0 Å². The molecule has 2 aliphatic heterocycles. The van der Waals surface area contributed by atoms with Crippen LogP contribution in [0.5, 0.6) is 11.5 Å². The van der Waals surface area contributed by atoms with Crippen LogP contribution in [0, 0.1) is 11.7 Å². The second-order valence-corrected chi connectivity index (χ2v) is 9.99. The fraction of sp³-hybridized carbons (Fsp3) is 0.536. The summed E-state index contributed by atoms with van der Waals surface area (Å²) in [5, 5.41) is 12.4. The van der Waals surface area contributed by atoms with Crippen molar-refractivity contribution in [2.75, 3.05) is 39.9 Å². The number of piperidine rings is 1. The molecule has 2 aliphatic rings. The number of hydrogen-bond acceptors (Lipinski definition) is 5. The third-order valence-electron chi connectivity index (χ3n) is 7.40. The Morgan fingerprint density at radius 2 is 1.92 bits per heavy atom. The molecule has 4 rings (SSSR count). The molecular weight excluding hydrogens is 461 g/mol. The summed E-state index contributed by atoms with van der Waals surface area (Å²) in [7, 11) is 1.67. The zero-order valence-corrected chi connectivity index (χ0v) is 21.1. The number of urea groups is 1. The molecule has 2 fully saturated rings. The van der Waals surface area contributed by atoms with E-state index < -0.39 is 5.60 Å². The molecule has 0 aliphatic carbocycles. The first-order valence-electron chi connectivity index (χ1n) is 12.9. The van der Waals surface area contributed by atoms with Crippen LogP contribution < -0.4 is 10.5 Å². The normalized spacial score (nSPS) is 21.9. The van der Waals surface area contributed by atoms with Crippen molar-refractivity contribution in [1.82, 2.24) is 9.80 Å². The number of halogens is 1. The molecule has 7 nitrogen and oxygen atoms in total. The lowest BCUT2D eigenvalue weighted by Gasteiger charge is -2.44. The van der Waals surface area contributed by atoms with Crippen LogP contribution in [0.15, 0.2) is 48.5 Å². The summed E-state index contributed by atoms with van der Waals surface area (Å²) in [6.45, 7) is 2.99. The number of nitrogens with two attached hydrogens (primary N) is 1. The van der Waals surface area contributed by atoms with E-state index in [1.807, 2.05) is 28.0 Å². The van der Waals surface area contributed by atoms with Gasteiger partial charge < -0.3 is 30.1 Å². The number of carbonyl (C=O) groups is 1. The standard InChI is InChI=1S/C28H38FN3O4/c1-35-17-5-4-14-28(34,21-8-7-15-31(19-21)27(33)32-16-13-23(30)20-32)25-11-2-3-12-26(25)36-24-10-6-9-22(29)18-24/h2-3,6,9-12,18,21,23,34H,4-5,7-8,13-17,19-20,30H2,1H3/t21-,23+,28+/m1/s1. The number of para-hydroxylation sites is 1. The van der Waals surface area contributed by atoms with Crippen molar-refractivity contribution in [3.8, 4) is 11.5 Å². The second kappa shape index (κ2) is 12.0. The Hall–Kier alpha value is -2.68. The van der Waals surface area contributed by atoms with Gasteiger partial charge in [-0.3, -0.25) is 0 Å². The lowest BCUT2D eigenvalue weighted by atomic mass is 9.73. The number of unbranched alkanes of at least 4 members (excludes halogenated alkanes) is 1. The van der Waals surface area contributed by atoms with Crippen molar-refractivity contribution in [3.05, 3.63) is 59.9 Å². The molecule has 196 valence electrons. The molecule has 3 N–H and O–H groups in total. The fourth-order valence-corrected chi connectivity index (χ4v) is 5.47. The number of carbonyl (C=O) groups excluding carboxylic acids is 1. The minimum atomic E-state index is -1.22. The van der Waals surface area contributed by atoms with Gasteiger partial charge in [-0.05, 0) is 56.7 Å². The number of methoxy groups -OCH3 is 1. The van der Waals surface area contributed by atoms with Crippen LogP contribution >= 0.6 is 0 Å². The van der Waals surface area contributed by atoms with E-state index in [4.69, 9.17) is 15.2 Å². The highest BCUT2D eigenvalue weighted by Crippen LogP contribution is 2.44. The lowest BCUT2D eigenvalue weighted by Crippen LogP contribution is -2.51. The molecule has 2 aromatic carbocycles. The number of likely N-dealkylation sites (tertiary alicyclic amines) is 2. The van der Waals surface area contributed by atoms with Crippen molar-refractivity contribution < 1.29 is 23.8 Å².